The third kappa shape index (κ3) is 11.1. The Kier molecular flexibility index (Phi) is 13.2. The first-order chi connectivity index (χ1) is 22.5. The number of nitrogens with two attached hydrogens (primary N) is 1. The molecule has 0 saturated carbocycles. The van der Waals surface area contributed by atoms with Gasteiger partial charge in [-0.2, -0.15) is 0 Å². The lowest BCUT2D eigenvalue weighted by Gasteiger charge is -2.35. The first-order valence-corrected chi connectivity index (χ1v) is 17.5. The summed E-state index contributed by atoms with van der Waals surface area (Å²) < 4.78 is 21.1. The number of phosphoric ester groups is 1. The van der Waals surface area contributed by atoms with Gasteiger partial charge in [0.25, 0.3) is 0 Å². The van der Waals surface area contributed by atoms with E-state index < -0.39 is 37.9 Å². The topological polar surface area (TPSA) is 210 Å². The normalized spacial score (nSPS) is 20.3. The van der Waals surface area contributed by atoms with Crippen molar-refractivity contribution >= 4 is 31.6 Å². The molecular formula is C32H44N5O9P. The number of carbonyl (C=O) groups is 4. The number of nitrogens with one attached hydrogen (secondary N) is 3. The van der Waals surface area contributed by atoms with Crippen molar-refractivity contribution in [3.05, 3.63) is 65.7 Å². The highest BCUT2D eigenvalue weighted by Crippen LogP contribution is 2.37. The lowest BCUT2D eigenvalue weighted by molar-refractivity contribution is -0.144. The van der Waals surface area contributed by atoms with E-state index in [1.807, 2.05) is 6.07 Å². The molecule has 0 radical (unpaired) electrons. The van der Waals surface area contributed by atoms with Crippen LogP contribution in [0.5, 0.6) is 5.75 Å². The molecule has 7 N–H and O–H groups in total. The molecule has 15 heteroatoms. The van der Waals surface area contributed by atoms with Crippen LogP contribution in [0.3, 0.4) is 0 Å². The maximum absolute atomic E-state index is 13.9. The Labute approximate surface area is 274 Å². The molecule has 0 aromatic heterocycles. The monoisotopic (exact) mass is 673 g/mol. The van der Waals surface area contributed by atoms with E-state index in [2.05, 4.69) is 20.5 Å². The van der Waals surface area contributed by atoms with Crippen molar-refractivity contribution in [2.75, 3.05) is 13.1 Å². The molecule has 3 unspecified atom stereocenters. The van der Waals surface area contributed by atoms with Crippen molar-refractivity contribution < 1.29 is 42.8 Å². The van der Waals surface area contributed by atoms with Crippen LogP contribution in [-0.2, 0) is 36.7 Å². The molecular weight excluding hydrogens is 629 g/mol. The highest BCUT2D eigenvalue weighted by molar-refractivity contribution is 7.46. The Balaban J connectivity index is 1.47. The summed E-state index contributed by atoms with van der Waals surface area (Å²) in [6.07, 6.45) is 4.59. The molecule has 0 bridgehead atoms. The molecule has 256 valence electrons. The highest BCUT2D eigenvalue weighted by atomic mass is 31.2. The molecule has 2 saturated heterocycles. The number of alkyl carbamates (subject to hydrolysis) is 1. The molecule has 2 aromatic carbocycles. The summed E-state index contributed by atoms with van der Waals surface area (Å²) in [5, 5.41) is 8.36. The van der Waals surface area contributed by atoms with Crippen LogP contribution in [-0.4, -0.2) is 75.8 Å². The van der Waals surface area contributed by atoms with Gasteiger partial charge in [-0.05, 0) is 68.3 Å². The summed E-state index contributed by atoms with van der Waals surface area (Å²) in [4.78, 5) is 73.4. The first kappa shape index (κ1) is 35.9. The summed E-state index contributed by atoms with van der Waals surface area (Å²) >= 11 is 0. The third-order valence-electron chi connectivity index (χ3n) is 8.29. The third-order valence-corrected chi connectivity index (χ3v) is 8.74. The summed E-state index contributed by atoms with van der Waals surface area (Å²) in [6.45, 7) is 0.979. The predicted molar refractivity (Wildman–Crippen MR) is 172 cm³/mol. The number of carbonyl (C=O) groups excluding carboxylic acids is 4. The average Bonchev–Trinajstić information content (AvgIpc) is 3.46. The van der Waals surface area contributed by atoms with Gasteiger partial charge in [0.2, 0.25) is 17.7 Å². The van der Waals surface area contributed by atoms with Crippen LogP contribution in [0.1, 0.15) is 62.5 Å². The smallest absolute Gasteiger partial charge is 0.445 e. The molecule has 0 aliphatic carbocycles. The maximum atomic E-state index is 13.9. The minimum absolute atomic E-state index is 0.0243. The maximum Gasteiger partial charge on any atom is 0.524 e. The van der Waals surface area contributed by atoms with Crippen molar-refractivity contribution in [1.82, 2.24) is 20.9 Å². The SMILES string of the molecule is NCCCCNC(=O)C1CCC2CCCCC(NC(=O)[C@H](Cc3ccc(OP(=O)(O)O)cc3)NC(=O)OCc3ccccc3)C(=O)N21. The number of phosphoric acid groups is 1. The Morgan fingerprint density at radius 2 is 1.68 bits per heavy atom. The van der Waals surface area contributed by atoms with Gasteiger partial charge in [0.15, 0.2) is 0 Å². The molecule has 2 aromatic rings. The molecule has 0 spiro atoms. The second kappa shape index (κ2) is 17.3. The Hall–Kier alpha value is -3.97. The summed E-state index contributed by atoms with van der Waals surface area (Å²) in [5.74, 6) is -1.23. The zero-order chi connectivity index (χ0) is 33.8. The van der Waals surface area contributed by atoms with Gasteiger partial charge >= 0.3 is 13.9 Å². The number of unbranched alkanes of at least 4 members (excludes halogenated alkanes) is 1. The molecule has 47 heavy (non-hydrogen) atoms. The van der Waals surface area contributed by atoms with E-state index >= 15 is 0 Å². The van der Waals surface area contributed by atoms with Gasteiger partial charge in [-0.1, -0.05) is 55.3 Å². The van der Waals surface area contributed by atoms with Crippen molar-refractivity contribution in [2.45, 2.75) is 88.6 Å². The zero-order valence-corrected chi connectivity index (χ0v) is 27.1. The van der Waals surface area contributed by atoms with Crippen molar-refractivity contribution in [1.29, 1.82) is 0 Å². The highest BCUT2D eigenvalue weighted by Gasteiger charge is 2.44. The van der Waals surface area contributed by atoms with Gasteiger partial charge in [0.05, 0.1) is 0 Å². The number of fused-ring (bicyclic) bond motifs is 1. The van der Waals surface area contributed by atoms with Gasteiger partial charge in [-0.25, -0.2) is 9.36 Å². The lowest BCUT2D eigenvalue weighted by Crippen LogP contribution is -2.59. The van der Waals surface area contributed by atoms with Crippen LogP contribution in [0, 0.1) is 0 Å². The van der Waals surface area contributed by atoms with Gasteiger partial charge in [-0.3, -0.25) is 24.2 Å². The number of amides is 4. The summed E-state index contributed by atoms with van der Waals surface area (Å²) in [6, 6.07) is 11.9. The molecule has 2 heterocycles. The summed E-state index contributed by atoms with van der Waals surface area (Å²) in [5.41, 5.74) is 6.85. The number of hydrogen-bond donors (Lipinski definition) is 6. The molecule has 4 atom stereocenters. The van der Waals surface area contributed by atoms with Crippen molar-refractivity contribution in [3.8, 4) is 5.75 Å². The Bertz CT molecular complexity index is 1410. The molecule has 14 nitrogen and oxygen atoms in total. The van der Waals surface area contributed by atoms with Gasteiger partial charge in [0, 0.05) is 19.0 Å². The lowest BCUT2D eigenvalue weighted by atomic mass is 9.98. The van der Waals surface area contributed by atoms with E-state index in [0.29, 0.717) is 44.3 Å². The van der Waals surface area contributed by atoms with Crippen molar-refractivity contribution in [3.63, 3.8) is 0 Å². The fourth-order valence-electron chi connectivity index (χ4n) is 5.97. The van der Waals surface area contributed by atoms with E-state index in [1.165, 1.54) is 24.3 Å². The van der Waals surface area contributed by atoms with E-state index in [-0.39, 0.29) is 36.6 Å². The Morgan fingerprint density at radius 1 is 0.957 bits per heavy atom. The largest absolute Gasteiger partial charge is 0.524 e. The zero-order valence-electron chi connectivity index (χ0n) is 26.2. The quantitative estimate of drug-likeness (QED) is 0.127. The average molecular weight is 674 g/mol. The van der Waals surface area contributed by atoms with E-state index in [9.17, 15) is 23.7 Å². The number of rotatable bonds is 14. The van der Waals surface area contributed by atoms with Crippen LogP contribution in [0.25, 0.3) is 0 Å². The standard InChI is InChI=1S/C32H44N5O9P/c33-18-6-7-19-34-30(39)28-17-14-24-10-4-5-11-26(31(40)37(24)28)35-29(38)27(36-32(41)45-21-23-8-2-1-3-9-23)20-22-12-15-25(16-13-22)46-47(42,43)44/h1-3,8-9,12-13,15-16,24,26-28H,4-7,10-11,14,17-21,33H2,(H,34,39)(H,35,38)(H,36,41)(H2,42,43,44)/t24?,26?,27-,28?/m0/s1. The number of ether oxygens (including phenoxy) is 1. The van der Waals surface area contributed by atoms with Crippen LogP contribution >= 0.6 is 7.82 Å². The van der Waals surface area contributed by atoms with Crippen LogP contribution in [0.15, 0.2) is 54.6 Å². The fraction of sp³-hybridized carbons (Fsp3) is 0.500. The van der Waals surface area contributed by atoms with Crippen LogP contribution in [0.2, 0.25) is 0 Å². The number of nitrogens with zero attached hydrogens (tertiary/aromatic N) is 1. The number of hydrogen-bond acceptors (Lipinski definition) is 8. The van der Waals surface area contributed by atoms with Crippen LogP contribution < -0.4 is 26.2 Å². The van der Waals surface area contributed by atoms with Crippen LogP contribution in [0.4, 0.5) is 4.79 Å². The minimum Gasteiger partial charge on any atom is -0.445 e. The van der Waals surface area contributed by atoms with Gasteiger partial charge in [0.1, 0.15) is 30.5 Å². The molecule has 4 rings (SSSR count). The number of benzene rings is 2. The summed E-state index contributed by atoms with van der Waals surface area (Å²) in [7, 11) is -4.76. The fourth-order valence-corrected chi connectivity index (χ4v) is 6.37. The Morgan fingerprint density at radius 3 is 2.38 bits per heavy atom. The molecule has 4 amide bonds. The minimum atomic E-state index is -4.76. The molecule has 2 aliphatic rings. The van der Waals surface area contributed by atoms with Gasteiger partial charge < -0.3 is 35.8 Å². The first-order valence-electron chi connectivity index (χ1n) is 16.0. The van der Waals surface area contributed by atoms with Crippen molar-refractivity contribution in [2.24, 2.45) is 5.73 Å². The predicted octanol–water partition coefficient (Wildman–Crippen LogP) is 2.27. The second-order valence-corrected chi connectivity index (χ2v) is 13.0. The van der Waals surface area contributed by atoms with E-state index in [0.717, 1.165) is 31.2 Å². The molecule has 2 aliphatic heterocycles. The van der Waals surface area contributed by atoms with Gasteiger partial charge in [-0.15, -0.1) is 0 Å². The van der Waals surface area contributed by atoms with E-state index in [4.69, 9.17) is 20.3 Å². The second-order valence-electron chi connectivity index (χ2n) is 11.8. The molecule has 2 fully saturated rings. The van der Waals surface area contributed by atoms with E-state index in [1.54, 1.807) is 29.2 Å².